The van der Waals surface area contributed by atoms with Crippen LogP contribution in [-0.4, -0.2) is 19.1 Å². The van der Waals surface area contributed by atoms with E-state index in [1.807, 2.05) is 45.8 Å². The van der Waals surface area contributed by atoms with Crippen LogP contribution in [0.2, 0.25) is 0 Å². The Bertz CT molecular complexity index is 256. The summed E-state index contributed by atoms with van der Waals surface area (Å²) in [5.41, 5.74) is 7.66. The summed E-state index contributed by atoms with van der Waals surface area (Å²) in [5, 5.41) is 0. The van der Waals surface area contributed by atoms with Gasteiger partial charge in [-0.2, -0.15) is 0 Å². The van der Waals surface area contributed by atoms with Gasteiger partial charge in [0, 0.05) is 14.1 Å². The summed E-state index contributed by atoms with van der Waals surface area (Å²) < 4.78 is 0. The van der Waals surface area contributed by atoms with E-state index in [0.717, 1.165) is 11.3 Å². The zero-order valence-corrected chi connectivity index (χ0v) is 9.13. The molecular weight excluding hydrogens is 162 g/mol. The van der Waals surface area contributed by atoms with Crippen molar-refractivity contribution in [2.24, 2.45) is 0 Å². The SMILES string of the molecule is CC.Cc1cc(N(C)C)cnc1N. The van der Waals surface area contributed by atoms with Crippen LogP contribution >= 0.6 is 0 Å². The van der Waals surface area contributed by atoms with E-state index in [4.69, 9.17) is 5.73 Å². The summed E-state index contributed by atoms with van der Waals surface area (Å²) in [7, 11) is 3.96. The topological polar surface area (TPSA) is 42.2 Å². The number of hydrogen-bond acceptors (Lipinski definition) is 3. The Labute approximate surface area is 80.6 Å². The van der Waals surface area contributed by atoms with Crippen molar-refractivity contribution in [2.75, 3.05) is 24.7 Å². The third-order valence-corrected chi connectivity index (χ3v) is 1.62. The van der Waals surface area contributed by atoms with Crippen LogP contribution in [0.4, 0.5) is 11.5 Å². The fourth-order valence-electron chi connectivity index (χ4n) is 0.815. The number of nitrogen functional groups attached to an aromatic ring is 1. The van der Waals surface area contributed by atoms with E-state index < -0.39 is 0 Å². The number of nitrogens with zero attached hydrogens (tertiary/aromatic N) is 2. The molecule has 3 nitrogen and oxygen atoms in total. The molecule has 0 bridgehead atoms. The van der Waals surface area contributed by atoms with Crippen LogP contribution in [0.25, 0.3) is 0 Å². The third kappa shape index (κ3) is 3.32. The normalized spacial score (nSPS) is 8.69. The molecule has 0 atom stereocenters. The van der Waals surface area contributed by atoms with Gasteiger partial charge in [0.2, 0.25) is 0 Å². The first-order chi connectivity index (χ1) is 6.11. The minimum absolute atomic E-state index is 0.607. The lowest BCUT2D eigenvalue weighted by molar-refractivity contribution is 1.10. The molecule has 0 amide bonds. The molecule has 74 valence electrons. The maximum absolute atomic E-state index is 5.56. The average Bonchev–Trinajstić information content (AvgIpc) is 2.13. The largest absolute Gasteiger partial charge is 0.383 e. The van der Waals surface area contributed by atoms with Crippen molar-refractivity contribution in [3.63, 3.8) is 0 Å². The van der Waals surface area contributed by atoms with Crippen LogP contribution in [-0.2, 0) is 0 Å². The van der Waals surface area contributed by atoms with Crippen LogP contribution in [0.1, 0.15) is 19.4 Å². The number of aromatic nitrogens is 1. The molecule has 0 radical (unpaired) electrons. The molecule has 13 heavy (non-hydrogen) atoms. The molecule has 0 aliphatic rings. The van der Waals surface area contributed by atoms with Crippen LogP contribution in [0.15, 0.2) is 12.3 Å². The minimum atomic E-state index is 0.607. The van der Waals surface area contributed by atoms with Gasteiger partial charge in [-0.1, -0.05) is 13.8 Å². The highest BCUT2D eigenvalue weighted by atomic mass is 15.1. The van der Waals surface area contributed by atoms with E-state index >= 15 is 0 Å². The predicted molar refractivity (Wildman–Crippen MR) is 59.1 cm³/mol. The molecule has 0 aromatic carbocycles. The quantitative estimate of drug-likeness (QED) is 0.721. The van der Waals surface area contributed by atoms with Gasteiger partial charge in [-0.05, 0) is 18.6 Å². The first kappa shape index (κ1) is 11.8. The van der Waals surface area contributed by atoms with E-state index in [9.17, 15) is 0 Å². The molecule has 1 heterocycles. The summed E-state index contributed by atoms with van der Waals surface area (Å²) in [4.78, 5) is 6.04. The Morgan fingerprint density at radius 1 is 1.31 bits per heavy atom. The molecule has 0 unspecified atom stereocenters. The van der Waals surface area contributed by atoms with Crippen molar-refractivity contribution < 1.29 is 0 Å². The lowest BCUT2D eigenvalue weighted by Crippen LogP contribution is -2.09. The molecule has 1 aromatic heterocycles. The Balaban J connectivity index is 0.000000671. The van der Waals surface area contributed by atoms with Crippen LogP contribution < -0.4 is 10.6 Å². The molecule has 0 saturated heterocycles. The zero-order valence-electron chi connectivity index (χ0n) is 9.13. The predicted octanol–water partition coefficient (Wildman–Crippen LogP) is 2.06. The summed E-state index contributed by atoms with van der Waals surface area (Å²) in [6.07, 6.45) is 1.77. The molecule has 2 N–H and O–H groups in total. The van der Waals surface area contributed by atoms with Crippen molar-refractivity contribution >= 4 is 11.5 Å². The van der Waals surface area contributed by atoms with Gasteiger partial charge in [0.05, 0.1) is 11.9 Å². The maximum atomic E-state index is 5.56. The molecular formula is C10H19N3. The molecule has 0 fully saturated rings. The molecule has 1 rings (SSSR count). The Kier molecular flexibility index (Phi) is 4.89. The molecule has 0 aliphatic carbocycles. The van der Waals surface area contributed by atoms with Crippen LogP contribution in [0.5, 0.6) is 0 Å². The van der Waals surface area contributed by atoms with E-state index in [2.05, 4.69) is 4.98 Å². The lowest BCUT2D eigenvalue weighted by atomic mass is 10.2. The van der Waals surface area contributed by atoms with Crippen LogP contribution in [0.3, 0.4) is 0 Å². The molecule has 3 heteroatoms. The summed E-state index contributed by atoms with van der Waals surface area (Å²) in [6, 6.07) is 2.02. The second-order valence-corrected chi connectivity index (χ2v) is 2.79. The van der Waals surface area contributed by atoms with Gasteiger partial charge < -0.3 is 10.6 Å². The Morgan fingerprint density at radius 2 is 1.85 bits per heavy atom. The number of pyridine rings is 1. The smallest absolute Gasteiger partial charge is 0.126 e. The van der Waals surface area contributed by atoms with Crippen molar-refractivity contribution in [3.8, 4) is 0 Å². The van der Waals surface area contributed by atoms with Gasteiger partial charge in [0.25, 0.3) is 0 Å². The molecule has 0 saturated carbocycles. The van der Waals surface area contributed by atoms with Gasteiger partial charge in [-0.15, -0.1) is 0 Å². The second kappa shape index (κ2) is 5.41. The standard InChI is InChI=1S/C8H13N3.C2H6/c1-6-4-7(11(2)3)5-10-8(6)9;1-2/h4-5H,1-3H3,(H2,9,10);1-2H3. The van der Waals surface area contributed by atoms with Gasteiger partial charge in [0.15, 0.2) is 0 Å². The van der Waals surface area contributed by atoms with Gasteiger partial charge in [-0.25, -0.2) is 4.98 Å². The molecule has 0 aliphatic heterocycles. The number of anilines is 2. The highest BCUT2D eigenvalue weighted by molar-refractivity contribution is 5.51. The number of rotatable bonds is 1. The van der Waals surface area contributed by atoms with Gasteiger partial charge in [-0.3, -0.25) is 0 Å². The lowest BCUT2D eigenvalue weighted by Gasteiger charge is -2.12. The monoisotopic (exact) mass is 181 g/mol. The maximum Gasteiger partial charge on any atom is 0.126 e. The third-order valence-electron chi connectivity index (χ3n) is 1.62. The molecule has 0 spiro atoms. The summed E-state index contributed by atoms with van der Waals surface area (Å²) in [5.74, 6) is 0.607. The first-order valence-corrected chi connectivity index (χ1v) is 4.50. The van der Waals surface area contributed by atoms with E-state index in [-0.39, 0.29) is 0 Å². The van der Waals surface area contributed by atoms with Crippen molar-refractivity contribution in [1.29, 1.82) is 0 Å². The first-order valence-electron chi connectivity index (χ1n) is 4.50. The second-order valence-electron chi connectivity index (χ2n) is 2.79. The van der Waals surface area contributed by atoms with Crippen molar-refractivity contribution in [1.82, 2.24) is 4.98 Å². The average molecular weight is 181 g/mol. The fraction of sp³-hybridized carbons (Fsp3) is 0.500. The highest BCUT2D eigenvalue weighted by Gasteiger charge is 1.98. The molecule has 1 aromatic rings. The van der Waals surface area contributed by atoms with E-state index in [1.165, 1.54) is 0 Å². The summed E-state index contributed by atoms with van der Waals surface area (Å²) in [6.45, 7) is 5.95. The minimum Gasteiger partial charge on any atom is -0.383 e. The van der Waals surface area contributed by atoms with Crippen molar-refractivity contribution in [3.05, 3.63) is 17.8 Å². The number of aryl methyl sites for hydroxylation is 1. The highest BCUT2D eigenvalue weighted by Crippen LogP contribution is 2.14. The van der Waals surface area contributed by atoms with Gasteiger partial charge >= 0.3 is 0 Å². The fourth-order valence-corrected chi connectivity index (χ4v) is 0.815. The summed E-state index contributed by atoms with van der Waals surface area (Å²) >= 11 is 0. The number of nitrogens with two attached hydrogens (primary N) is 1. The van der Waals surface area contributed by atoms with Crippen molar-refractivity contribution in [2.45, 2.75) is 20.8 Å². The van der Waals surface area contributed by atoms with Gasteiger partial charge in [0.1, 0.15) is 5.82 Å². The van der Waals surface area contributed by atoms with Crippen LogP contribution in [0, 0.1) is 6.92 Å². The zero-order chi connectivity index (χ0) is 10.4. The Morgan fingerprint density at radius 3 is 2.23 bits per heavy atom. The Hall–Kier alpha value is -1.25. The van der Waals surface area contributed by atoms with E-state index in [1.54, 1.807) is 6.20 Å². The number of hydrogen-bond donors (Lipinski definition) is 1. The van der Waals surface area contributed by atoms with E-state index in [0.29, 0.717) is 5.82 Å².